The van der Waals surface area contributed by atoms with Crippen LogP contribution in [0.4, 0.5) is 10.6 Å². The molecule has 136 valence electrons. The predicted molar refractivity (Wildman–Crippen MR) is 101 cm³/mol. The minimum atomic E-state index is -0.607. The van der Waals surface area contributed by atoms with E-state index in [1.165, 1.54) is 17.3 Å². The monoisotopic (exact) mass is 361 g/mol. The zero-order valence-corrected chi connectivity index (χ0v) is 14.8. The molecule has 0 spiro atoms. The predicted octanol–water partition coefficient (Wildman–Crippen LogP) is 3.64. The minimum Gasteiger partial charge on any atom is -0.448 e. The number of aryl methyl sites for hydroxylation is 1. The second kappa shape index (κ2) is 7.17. The van der Waals surface area contributed by atoms with Gasteiger partial charge in [-0.1, -0.05) is 48.5 Å². The number of nitrogens with zero attached hydrogens (tertiary/aromatic N) is 2. The maximum atomic E-state index is 12.3. The number of ether oxygens (including phenoxy) is 1. The Labute approximate surface area is 156 Å². The Kier molecular flexibility index (Phi) is 4.56. The van der Waals surface area contributed by atoms with Crippen molar-refractivity contribution in [2.45, 2.75) is 19.4 Å². The molecule has 1 heterocycles. The molecule has 6 nitrogen and oxygen atoms in total. The first-order valence-electron chi connectivity index (χ1n) is 8.72. The molecule has 0 radical (unpaired) electrons. The van der Waals surface area contributed by atoms with Crippen LogP contribution in [-0.4, -0.2) is 27.8 Å². The first kappa shape index (κ1) is 17.2. The number of anilines is 1. The molecule has 0 atom stereocenters. The van der Waals surface area contributed by atoms with Crippen molar-refractivity contribution in [2.75, 3.05) is 11.9 Å². The Morgan fingerprint density at radius 3 is 2.37 bits per heavy atom. The molecule has 4 rings (SSSR count). The first-order valence-corrected chi connectivity index (χ1v) is 8.72. The number of hydrogen-bond donors (Lipinski definition) is 2. The van der Waals surface area contributed by atoms with E-state index in [0.717, 1.165) is 11.1 Å². The first-order chi connectivity index (χ1) is 13.2. The number of amides is 1. The van der Waals surface area contributed by atoms with Crippen molar-refractivity contribution in [1.29, 1.82) is 0 Å². The maximum absolute atomic E-state index is 12.3. The Bertz CT molecular complexity index is 958. The van der Waals surface area contributed by atoms with E-state index in [2.05, 4.69) is 39.6 Å². The molecule has 1 aromatic heterocycles. The molecule has 1 aliphatic carbocycles. The highest BCUT2D eigenvalue weighted by Gasteiger charge is 2.29. The zero-order valence-electron chi connectivity index (χ0n) is 14.8. The van der Waals surface area contributed by atoms with Gasteiger partial charge in [-0.2, -0.15) is 0 Å². The second-order valence-corrected chi connectivity index (χ2v) is 6.40. The van der Waals surface area contributed by atoms with Gasteiger partial charge in [-0.15, -0.1) is 0 Å². The van der Waals surface area contributed by atoms with Crippen molar-refractivity contribution in [2.24, 2.45) is 0 Å². The third kappa shape index (κ3) is 3.27. The Hall–Kier alpha value is -3.25. The summed E-state index contributed by atoms with van der Waals surface area (Å²) >= 11 is 0. The smallest absolute Gasteiger partial charge is 0.412 e. The molecule has 6 heteroatoms. The molecule has 1 aliphatic rings. The van der Waals surface area contributed by atoms with Crippen molar-refractivity contribution in [1.82, 2.24) is 9.97 Å². The second-order valence-electron chi connectivity index (χ2n) is 6.40. The molecule has 27 heavy (non-hydrogen) atoms. The van der Waals surface area contributed by atoms with Gasteiger partial charge in [-0.25, -0.2) is 14.8 Å². The molecule has 0 fully saturated rings. The van der Waals surface area contributed by atoms with E-state index in [-0.39, 0.29) is 24.9 Å². The number of hydrogen-bond acceptors (Lipinski definition) is 5. The molecular weight excluding hydrogens is 342 g/mol. The third-order valence-electron chi connectivity index (χ3n) is 4.72. The van der Waals surface area contributed by atoms with Gasteiger partial charge in [0.25, 0.3) is 0 Å². The minimum absolute atomic E-state index is 0.00685. The van der Waals surface area contributed by atoms with Crippen LogP contribution in [0.25, 0.3) is 11.1 Å². The van der Waals surface area contributed by atoms with Crippen LogP contribution >= 0.6 is 0 Å². The summed E-state index contributed by atoms with van der Waals surface area (Å²) in [5.41, 5.74) is 5.10. The van der Waals surface area contributed by atoms with E-state index in [0.29, 0.717) is 11.4 Å². The lowest BCUT2D eigenvalue weighted by Gasteiger charge is -2.15. The number of rotatable bonds is 4. The van der Waals surface area contributed by atoms with Gasteiger partial charge in [-0.3, -0.25) is 5.32 Å². The third-order valence-corrected chi connectivity index (χ3v) is 4.72. The number of nitrogens with one attached hydrogen (secondary N) is 1. The molecule has 3 aromatic rings. The Balaban J connectivity index is 1.51. The summed E-state index contributed by atoms with van der Waals surface area (Å²) in [6, 6.07) is 16.3. The number of aliphatic hydroxyl groups excluding tert-OH is 1. The fourth-order valence-electron chi connectivity index (χ4n) is 3.45. The molecule has 0 saturated carbocycles. The van der Waals surface area contributed by atoms with Crippen LogP contribution < -0.4 is 5.32 Å². The lowest BCUT2D eigenvalue weighted by Crippen LogP contribution is -2.19. The van der Waals surface area contributed by atoms with Gasteiger partial charge in [0.05, 0.1) is 6.61 Å². The van der Waals surface area contributed by atoms with E-state index >= 15 is 0 Å². The van der Waals surface area contributed by atoms with Crippen molar-refractivity contribution >= 4 is 11.9 Å². The van der Waals surface area contributed by atoms with E-state index in [9.17, 15) is 9.90 Å². The van der Waals surface area contributed by atoms with Crippen LogP contribution in [0.3, 0.4) is 0 Å². The summed E-state index contributed by atoms with van der Waals surface area (Å²) < 4.78 is 5.49. The molecule has 0 saturated heterocycles. The molecule has 2 aromatic carbocycles. The van der Waals surface area contributed by atoms with Gasteiger partial charge < -0.3 is 9.84 Å². The van der Waals surface area contributed by atoms with E-state index in [1.807, 2.05) is 24.3 Å². The summed E-state index contributed by atoms with van der Waals surface area (Å²) in [6.07, 6.45) is 0.881. The Morgan fingerprint density at radius 2 is 1.74 bits per heavy atom. The molecule has 1 amide bonds. The van der Waals surface area contributed by atoms with Gasteiger partial charge in [0.15, 0.2) is 0 Å². The zero-order chi connectivity index (χ0) is 18.8. The fourth-order valence-corrected chi connectivity index (χ4v) is 3.45. The maximum Gasteiger partial charge on any atom is 0.412 e. The van der Waals surface area contributed by atoms with E-state index < -0.39 is 6.09 Å². The van der Waals surface area contributed by atoms with Gasteiger partial charge in [0, 0.05) is 17.7 Å². The number of carbonyl (C=O) groups is 1. The number of carbonyl (C=O) groups excluding carboxylic acids is 1. The highest BCUT2D eigenvalue weighted by Crippen LogP contribution is 2.44. The standard InChI is InChI=1S/C21H19N3O3/c1-13-22-10-14(11-25)20(23-13)24-21(26)27-12-19-17-8-4-2-6-15(17)16-7-3-5-9-18(16)19/h2-10,19,25H,11-12H2,1H3,(H,22,23,24,26). The Morgan fingerprint density at radius 1 is 1.11 bits per heavy atom. The summed E-state index contributed by atoms with van der Waals surface area (Å²) in [7, 11) is 0. The van der Waals surface area contributed by atoms with Crippen molar-refractivity contribution in [3.05, 3.63) is 77.2 Å². The topological polar surface area (TPSA) is 84.3 Å². The van der Waals surface area contributed by atoms with E-state index in [1.54, 1.807) is 6.92 Å². The largest absolute Gasteiger partial charge is 0.448 e. The quantitative estimate of drug-likeness (QED) is 0.741. The van der Waals surface area contributed by atoms with Crippen molar-refractivity contribution < 1.29 is 14.6 Å². The van der Waals surface area contributed by atoms with Crippen LogP contribution in [0.15, 0.2) is 54.7 Å². The highest BCUT2D eigenvalue weighted by atomic mass is 16.5. The van der Waals surface area contributed by atoms with E-state index in [4.69, 9.17) is 4.74 Å². The van der Waals surface area contributed by atoms with Crippen molar-refractivity contribution in [3.8, 4) is 11.1 Å². The number of benzene rings is 2. The average Bonchev–Trinajstić information content (AvgIpc) is 3.00. The van der Waals surface area contributed by atoms with Crippen LogP contribution in [0.5, 0.6) is 0 Å². The molecule has 2 N–H and O–H groups in total. The number of fused-ring (bicyclic) bond motifs is 3. The molecular formula is C21H19N3O3. The van der Waals surface area contributed by atoms with Gasteiger partial charge >= 0.3 is 6.09 Å². The highest BCUT2D eigenvalue weighted by molar-refractivity contribution is 5.84. The van der Waals surface area contributed by atoms with Crippen molar-refractivity contribution in [3.63, 3.8) is 0 Å². The summed E-state index contributed by atoms with van der Waals surface area (Å²) in [6.45, 7) is 1.67. The summed E-state index contributed by atoms with van der Waals surface area (Å²) in [5, 5.41) is 12.0. The summed E-state index contributed by atoms with van der Waals surface area (Å²) in [5.74, 6) is 0.760. The normalized spacial score (nSPS) is 12.4. The average molecular weight is 361 g/mol. The van der Waals surface area contributed by atoms with Gasteiger partial charge in [0.1, 0.15) is 18.2 Å². The van der Waals surface area contributed by atoms with Crippen LogP contribution in [0.1, 0.15) is 28.4 Å². The molecule has 0 aliphatic heterocycles. The summed E-state index contributed by atoms with van der Waals surface area (Å²) in [4.78, 5) is 20.5. The lowest BCUT2D eigenvalue weighted by atomic mass is 9.98. The molecule has 0 bridgehead atoms. The lowest BCUT2D eigenvalue weighted by molar-refractivity contribution is 0.158. The van der Waals surface area contributed by atoms with Gasteiger partial charge in [-0.05, 0) is 29.2 Å². The van der Waals surface area contributed by atoms with Crippen LogP contribution in [-0.2, 0) is 11.3 Å². The fraction of sp³-hybridized carbons (Fsp3) is 0.190. The van der Waals surface area contributed by atoms with Crippen LogP contribution in [0.2, 0.25) is 0 Å². The van der Waals surface area contributed by atoms with Crippen LogP contribution in [0, 0.1) is 6.92 Å². The SMILES string of the molecule is Cc1ncc(CO)c(NC(=O)OCC2c3ccccc3-c3ccccc32)n1. The molecule has 0 unspecified atom stereocenters. The number of aliphatic hydroxyl groups is 1. The number of aromatic nitrogens is 2. The van der Waals surface area contributed by atoms with Gasteiger partial charge in [0.2, 0.25) is 0 Å².